The summed E-state index contributed by atoms with van der Waals surface area (Å²) in [5.74, 6) is 1.75. The van der Waals surface area contributed by atoms with Crippen LogP contribution in [0.15, 0.2) is 10.5 Å². The molecular formula is C13H18ClN3O. The lowest BCUT2D eigenvalue weighted by atomic mass is 10.0. The van der Waals surface area contributed by atoms with Crippen LogP contribution >= 0.6 is 11.6 Å². The molecule has 2 aromatic rings. The summed E-state index contributed by atoms with van der Waals surface area (Å²) in [6, 6.07) is 1.86. The van der Waals surface area contributed by atoms with Gasteiger partial charge in [-0.05, 0) is 33.3 Å². The molecule has 18 heavy (non-hydrogen) atoms. The molecule has 0 aromatic carbocycles. The van der Waals surface area contributed by atoms with E-state index in [1.807, 2.05) is 33.9 Å². The van der Waals surface area contributed by atoms with Crippen LogP contribution in [0.1, 0.15) is 34.4 Å². The van der Waals surface area contributed by atoms with Crippen LogP contribution in [-0.2, 0) is 13.5 Å². The number of halogens is 1. The molecule has 0 fully saturated rings. The van der Waals surface area contributed by atoms with Crippen LogP contribution in [0.2, 0.25) is 5.15 Å². The number of aromatic nitrogens is 2. The van der Waals surface area contributed by atoms with E-state index in [4.69, 9.17) is 21.8 Å². The van der Waals surface area contributed by atoms with E-state index in [9.17, 15) is 0 Å². The Bertz CT molecular complexity index is 571. The summed E-state index contributed by atoms with van der Waals surface area (Å²) in [4.78, 5) is 0. The fourth-order valence-electron chi connectivity index (χ4n) is 2.25. The SMILES string of the molecule is Cc1cc(C(N)Cc2c(C)nn(C)c2Cl)c(C)o1. The molecule has 5 heteroatoms. The van der Waals surface area contributed by atoms with Crippen molar-refractivity contribution in [2.75, 3.05) is 0 Å². The fourth-order valence-corrected chi connectivity index (χ4v) is 2.51. The molecule has 0 saturated heterocycles. The maximum absolute atomic E-state index is 6.23. The van der Waals surface area contributed by atoms with Gasteiger partial charge in [-0.2, -0.15) is 5.10 Å². The van der Waals surface area contributed by atoms with Gasteiger partial charge in [0, 0.05) is 24.2 Å². The summed E-state index contributed by atoms with van der Waals surface area (Å²) < 4.78 is 7.18. The van der Waals surface area contributed by atoms with Crippen molar-refractivity contribution in [3.63, 3.8) is 0 Å². The van der Waals surface area contributed by atoms with E-state index in [2.05, 4.69) is 5.10 Å². The maximum Gasteiger partial charge on any atom is 0.130 e. The molecule has 0 radical (unpaired) electrons. The maximum atomic E-state index is 6.23. The van der Waals surface area contributed by atoms with Crippen molar-refractivity contribution in [3.8, 4) is 0 Å². The van der Waals surface area contributed by atoms with Gasteiger partial charge >= 0.3 is 0 Å². The first-order valence-electron chi connectivity index (χ1n) is 5.90. The van der Waals surface area contributed by atoms with Crippen molar-refractivity contribution in [3.05, 3.63) is 39.6 Å². The second-order valence-electron chi connectivity index (χ2n) is 4.66. The molecule has 2 aromatic heterocycles. The lowest BCUT2D eigenvalue weighted by Crippen LogP contribution is -2.14. The van der Waals surface area contributed by atoms with E-state index >= 15 is 0 Å². The number of rotatable bonds is 3. The summed E-state index contributed by atoms with van der Waals surface area (Å²) in [6.07, 6.45) is 0.665. The quantitative estimate of drug-likeness (QED) is 0.930. The third-order valence-electron chi connectivity index (χ3n) is 3.17. The minimum Gasteiger partial charge on any atom is -0.466 e. The van der Waals surface area contributed by atoms with Crippen molar-refractivity contribution in [2.24, 2.45) is 12.8 Å². The highest BCUT2D eigenvalue weighted by Crippen LogP contribution is 2.27. The lowest BCUT2D eigenvalue weighted by molar-refractivity contribution is 0.497. The highest BCUT2D eigenvalue weighted by Gasteiger charge is 2.18. The van der Waals surface area contributed by atoms with Crippen LogP contribution in [0.5, 0.6) is 0 Å². The van der Waals surface area contributed by atoms with E-state index in [0.717, 1.165) is 28.3 Å². The molecule has 2 heterocycles. The first-order valence-corrected chi connectivity index (χ1v) is 6.28. The fraction of sp³-hybridized carbons (Fsp3) is 0.462. The van der Waals surface area contributed by atoms with Crippen LogP contribution in [0, 0.1) is 20.8 Å². The summed E-state index contributed by atoms with van der Waals surface area (Å²) >= 11 is 6.21. The van der Waals surface area contributed by atoms with Gasteiger partial charge in [0.15, 0.2) is 0 Å². The molecule has 98 valence electrons. The topological polar surface area (TPSA) is 57.0 Å². The molecular weight excluding hydrogens is 250 g/mol. The molecule has 2 rings (SSSR count). The van der Waals surface area contributed by atoms with E-state index in [1.165, 1.54) is 0 Å². The number of hydrogen-bond acceptors (Lipinski definition) is 3. The van der Waals surface area contributed by atoms with Crippen molar-refractivity contribution < 1.29 is 4.42 Å². The third-order valence-corrected chi connectivity index (χ3v) is 3.65. The van der Waals surface area contributed by atoms with Gasteiger partial charge < -0.3 is 10.2 Å². The molecule has 0 amide bonds. The lowest BCUT2D eigenvalue weighted by Gasteiger charge is -2.10. The Morgan fingerprint density at radius 2 is 2.11 bits per heavy atom. The molecule has 0 aliphatic carbocycles. The van der Waals surface area contributed by atoms with Gasteiger partial charge in [-0.1, -0.05) is 11.6 Å². The Hall–Kier alpha value is -1.26. The van der Waals surface area contributed by atoms with E-state index in [0.29, 0.717) is 11.6 Å². The monoisotopic (exact) mass is 267 g/mol. The number of nitrogens with zero attached hydrogens (tertiary/aromatic N) is 2. The molecule has 1 unspecified atom stereocenters. The summed E-state index contributed by atoms with van der Waals surface area (Å²) in [7, 11) is 1.83. The molecule has 0 bridgehead atoms. The van der Waals surface area contributed by atoms with Crippen molar-refractivity contribution in [1.82, 2.24) is 9.78 Å². The Morgan fingerprint density at radius 3 is 2.56 bits per heavy atom. The summed E-state index contributed by atoms with van der Waals surface area (Å²) in [5.41, 5.74) is 9.20. The van der Waals surface area contributed by atoms with E-state index < -0.39 is 0 Å². The van der Waals surface area contributed by atoms with Crippen LogP contribution in [0.3, 0.4) is 0 Å². The average molecular weight is 268 g/mol. The molecule has 1 atom stereocenters. The second-order valence-corrected chi connectivity index (χ2v) is 5.02. The van der Waals surface area contributed by atoms with Gasteiger partial charge in [0.1, 0.15) is 16.7 Å². The largest absolute Gasteiger partial charge is 0.466 e. The predicted molar refractivity (Wildman–Crippen MR) is 71.8 cm³/mol. The number of aryl methyl sites for hydroxylation is 4. The first kappa shape index (κ1) is 13.2. The predicted octanol–water partition coefficient (Wildman–Crippen LogP) is 2.83. The van der Waals surface area contributed by atoms with Gasteiger partial charge in [0.25, 0.3) is 0 Å². The van der Waals surface area contributed by atoms with Crippen LogP contribution in [0.25, 0.3) is 0 Å². The zero-order chi connectivity index (χ0) is 13.4. The minimum absolute atomic E-state index is 0.122. The van der Waals surface area contributed by atoms with Crippen LogP contribution < -0.4 is 5.73 Å². The van der Waals surface area contributed by atoms with Crippen molar-refractivity contribution in [2.45, 2.75) is 33.2 Å². The Kier molecular flexibility index (Phi) is 3.50. The van der Waals surface area contributed by atoms with Gasteiger partial charge in [-0.25, -0.2) is 0 Å². The van der Waals surface area contributed by atoms with E-state index in [-0.39, 0.29) is 6.04 Å². The van der Waals surface area contributed by atoms with Gasteiger partial charge in [0.05, 0.1) is 5.69 Å². The molecule has 0 aliphatic heterocycles. The molecule has 0 saturated carbocycles. The van der Waals surface area contributed by atoms with Gasteiger partial charge in [-0.3, -0.25) is 4.68 Å². The first-order chi connectivity index (χ1) is 8.40. The summed E-state index contributed by atoms with van der Waals surface area (Å²) in [6.45, 7) is 5.80. The zero-order valence-electron chi connectivity index (χ0n) is 11.1. The normalized spacial score (nSPS) is 13.0. The highest BCUT2D eigenvalue weighted by molar-refractivity contribution is 6.30. The number of furan rings is 1. The number of nitrogens with two attached hydrogens (primary N) is 1. The Balaban J connectivity index is 2.26. The zero-order valence-corrected chi connectivity index (χ0v) is 11.9. The van der Waals surface area contributed by atoms with Gasteiger partial charge in [-0.15, -0.1) is 0 Å². The Morgan fingerprint density at radius 1 is 1.44 bits per heavy atom. The smallest absolute Gasteiger partial charge is 0.130 e. The van der Waals surface area contributed by atoms with Crippen LogP contribution in [0.4, 0.5) is 0 Å². The molecule has 4 nitrogen and oxygen atoms in total. The second kappa shape index (κ2) is 4.78. The van der Waals surface area contributed by atoms with Crippen LogP contribution in [-0.4, -0.2) is 9.78 Å². The van der Waals surface area contributed by atoms with Crippen molar-refractivity contribution >= 4 is 11.6 Å². The highest BCUT2D eigenvalue weighted by atomic mass is 35.5. The summed E-state index contributed by atoms with van der Waals surface area (Å²) in [5, 5.41) is 4.94. The average Bonchev–Trinajstić information content (AvgIpc) is 2.73. The number of hydrogen-bond donors (Lipinski definition) is 1. The molecule has 0 spiro atoms. The standard InChI is InChI=1S/C13H18ClN3O/c1-7-5-11(9(3)18-7)12(15)6-10-8(2)16-17(4)13(10)14/h5,12H,6,15H2,1-4H3. The Labute approximate surface area is 112 Å². The minimum atomic E-state index is -0.122. The molecule has 2 N–H and O–H groups in total. The van der Waals surface area contributed by atoms with Gasteiger partial charge in [0.2, 0.25) is 0 Å². The molecule has 0 aliphatic rings. The van der Waals surface area contributed by atoms with Crippen molar-refractivity contribution in [1.29, 1.82) is 0 Å². The third kappa shape index (κ3) is 2.31. The van der Waals surface area contributed by atoms with E-state index in [1.54, 1.807) is 4.68 Å².